The van der Waals surface area contributed by atoms with Gasteiger partial charge in [0.05, 0.1) is 40.5 Å². The van der Waals surface area contributed by atoms with Gasteiger partial charge in [0, 0.05) is 47.9 Å². The predicted octanol–water partition coefficient (Wildman–Crippen LogP) is 5.94. The summed E-state index contributed by atoms with van der Waals surface area (Å²) in [7, 11) is -4.97. The number of rotatable bonds is 5. The van der Waals surface area contributed by atoms with Crippen LogP contribution in [-0.4, -0.2) is 74.9 Å². The minimum atomic E-state index is -3.63. The molecule has 0 saturated heterocycles. The Balaban J connectivity index is 1.45. The molecule has 4 aliphatic rings. The largest absolute Gasteiger partial charge is 0.490 e. The van der Waals surface area contributed by atoms with Gasteiger partial charge in [0.25, 0.3) is 16.0 Å². The van der Waals surface area contributed by atoms with Crippen molar-refractivity contribution in [2.24, 2.45) is 17.8 Å². The summed E-state index contributed by atoms with van der Waals surface area (Å²) < 4.78 is 58.8. The van der Waals surface area contributed by atoms with Crippen molar-refractivity contribution in [3.8, 4) is 5.75 Å². The summed E-state index contributed by atoms with van der Waals surface area (Å²) in [5.41, 5.74) is 2.64. The van der Waals surface area contributed by atoms with Crippen molar-refractivity contribution in [1.82, 2.24) is 4.72 Å². The quantitative estimate of drug-likeness (QED) is 0.229. The number of fused-ring (bicyclic) bond motifs is 4. The first kappa shape index (κ1) is 36.2. The summed E-state index contributed by atoms with van der Waals surface area (Å²) >= 11 is 6.45. The van der Waals surface area contributed by atoms with E-state index in [9.17, 15) is 17.4 Å². The zero-order valence-corrected chi connectivity index (χ0v) is 31.3. The summed E-state index contributed by atoms with van der Waals surface area (Å²) in [5, 5.41) is 0.303. The molecule has 1 unspecified atom stereocenters. The van der Waals surface area contributed by atoms with Crippen LogP contribution in [0.25, 0.3) is 0 Å². The van der Waals surface area contributed by atoms with E-state index in [2.05, 4.69) is 33.7 Å². The van der Waals surface area contributed by atoms with Crippen LogP contribution < -0.4 is 14.4 Å². The molecule has 268 valence electrons. The van der Waals surface area contributed by atoms with E-state index in [1.54, 1.807) is 13.2 Å². The third kappa shape index (κ3) is 7.42. The molecule has 1 spiro atoms. The smallest absolute Gasteiger partial charge is 0.264 e. The Morgan fingerprint density at radius 3 is 2.69 bits per heavy atom. The molecule has 2 aliphatic carbocycles. The van der Waals surface area contributed by atoms with Crippen LogP contribution in [0.15, 0.2) is 48.6 Å². The fraction of sp³-hybridized carbons (Fsp3) is 0.568. The Morgan fingerprint density at radius 1 is 1.18 bits per heavy atom. The number of nitrogens with one attached hydrogen (secondary N) is 1. The third-order valence-electron chi connectivity index (χ3n) is 11.5. The molecule has 2 aliphatic heterocycles. The van der Waals surface area contributed by atoms with Gasteiger partial charge in [0.1, 0.15) is 5.75 Å². The predicted molar refractivity (Wildman–Crippen MR) is 197 cm³/mol. The summed E-state index contributed by atoms with van der Waals surface area (Å²) in [6.45, 7) is 5.69. The normalized spacial score (nSPS) is 34.1. The lowest BCUT2D eigenvalue weighted by atomic mass is 9.63. The van der Waals surface area contributed by atoms with E-state index >= 15 is 0 Å². The molecular weight excluding hydrogens is 684 g/mol. The van der Waals surface area contributed by atoms with Crippen molar-refractivity contribution in [2.75, 3.05) is 44.6 Å². The maximum absolute atomic E-state index is 13.9. The average Bonchev–Trinajstić information content (AvgIpc) is 3.17. The lowest BCUT2D eigenvalue weighted by Gasteiger charge is -2.50. The van der Waals surface area contributed by atoms with Crippen LogP contribution in [0.3, 0.4) is 0 Å². The Labute approximate surface area is 297 Å². The van der Waals surface area contributed by atoms with E-state index in [0.29, 0.717) is 43.9 Å². The first-order valence-electron chi connectivity index (χ1n) is 17.2. The highest BCUT2D eigenvalue weighted by molar-refractivity contribution is 7.99. The van der Waals surface area contributed by atoms with Crippen molar-refractivity contribution in [3.05, 3.63) is 70.3 Å². The van der Waals surface area contributed by atoms with Crippen LogP contribution in [0.5, 0.6) is 5.75 Å². The van der Waals surface area contributed by atoms with E-state index in [-0.39, 0.29) is 29.8 Å². The number of aryl methyl sites for hydroxylation is 1. The summed E-state index contributed by atoms with van der Waals surface area (Å²) in [6.07, 6.45) is 10.9. The molecular formula is C37H49ClN2O7S2. The van der Waals surface area contributed by atoms with Crippen molar-refractivity contribution in [3.63, 3.8) is 0 Å². The summed E-state index contributed by atoms with van der Waals surface area (Å²) in [4.78, 5) is 16.0. The average molecular weight is 733 g/mol. The second-order valence-electron chi connectivity index (χ2n) is 14.6. The van der Waals surface area contributed by atoms with Crippen LogP contribution in [0, 0.1) is 17.8 Å². The number of amides is 1. The number of halogens is 1. The zero-order chi connectivity index (χ0) is 35.2. The number of hydrogen-bond acceptors (Lipinski definition) is 8. The number of methoxy groups -OCH3 is 1. The van der Waals surface area contributed by atoms with Gasteiger partial charge in [-0.25, -0.2) is 4.21 Å². The number of ether oxygens (including phenoxy) is 2. The molecule has 9 nitrogen and oxygen atoms in total. The highest BCUT2D eigenvalue weighted by atomic mass is 35.5. The third-order valence-corrected chi connectivity index (χ3v) is 14.6. The van der Waals surface area contributed by atoms with Gasteiger partial charge in [0.15, 0.2) is 0 Å². The number of carbonyl (C=O) groups is 1. The monoisotopic (exact) mass is 732 g/mol. The minimum absolute atomic E-state index is 0.00285. The minimum Gasteiger partial charge on any atom is -0.490 e. The first-order valence-corrected chi connectivity index (χ1v) is 21.2. The molecule has 49 heavy (non-hydrogen) atoms. The number of hydrogen-bond donors (Lipinski definition) is 1. The molecule has 2 heterocycles. The van der Waals surface area contributed by atoms with Crippen LogP contribution in [0.4, 0.5) is 5.69 Å². The fourth-order valence-electron chi connectivity index (χ4n) is 8.39. The van der Waals surface area contributed by atoms with Crippen molar-refractivity contribution in [2.45, 2.75) is 75.1 Å². The van der Waals surface area contributed by atoms with Gasteiger partial charge in [-0.1, -0.05) is 36.7 Å². The van der Waals surface area contributed by atoms with Crippen LogP contribution in [0.1, 0.15) is 73.9 Å². The second kappa shape index (κ2) is 13.9. The van der Waals surface area contributed by atoms with Crippen molar-refractivity contribution >= 4 is 48.9 Å². The number of carbonyl (C=O) groups excluding carboxylic acids is 1. The molecule has 1 fully saturated rings. The lowest BCUT2D eigenvalue weighted by molar-refractivity contribution is -0.0847. The molecule has 2 aromatic rings. The molecule has 0 aromatic heterocycles. The zero-order valence-electron chi connectivity index (χ0n) is 28.9. The molecule has 1 N–H and O–H groups in total. The van der Waals surface area contributed by atoms with Gasteiger partial charge in [-0.05, 0) is 111 Å². The lowest BCUT2D eigenvalue weighted by Crippen LogP contribution is -2.53. The molecule has 12 heteroatoms. The molecule has 6 rings (SSSR count). The van der Waals surface area contributed by atoms with E-state index in [1.807, 2.05) is 38.1 Å². The van der Waals surface area contributed by atoms with Gasteiger partial charge in [-0.3, -0.25) is 13.7 Å². The highest BCUT2D eigenvalue weighted by Gasteiger charge is 2.49. The number of benzene rings is 2. The Hall–Kier alpha value is -2.57. The summed E-state index contributed by atoms with van der Waals surface area (Å²) in [6, 6.07) is 11.6. The maximum Gasteiger partial charge on any atom is 0.264 e. The van der Waals surface area contributed by atoms with Crippen LogP contribution in [0.2, 0.25) is 5.02 Å². The number of nitrogens with zero attached hydrogens (tertiary/aromatic N) is 1. The van der Waals surface area contributed by atoms with E-state index in [4.69, 9.17) is 25.3 Å². The van der Waals surface area contributed by atoms with E-state index < -0.39 is 36.6 Å². The molecule has 0 radical (unpaired) electrons. The molecule has 2 aromatic carbocycles. The van der Waals surface area contributed by atoms with Gasteiger partial charge in [-0.15, -0.1) is 0 Å². The Bertz CT molecular complexity index is 1830. The Kier molecular flexibility index (Phi) is 10.2. The highest BCUT2D eigenvalue weighted by Crippen LogP contribution is 2.50. The van der Waals surface area contributed by atoms with Gasteiger partial charge in [0.2, 0.25) is 0 Å². The topological polar surface area (TPSA) is 111 Å². The van der Waals surface area contributed by atoms with Gasteiger partial charge >= 0.3 is 0 Å². The van der Waals surface area contributed by atoms with Crippen molar-refractivity contribution < 1.29 is 31.1 Å². The molecule has 7 atom stereocenters. The van der Waals surface area contributed by atoms with Gasteiger partial charge < -0.3 is 14.4 Å². The SMILES string of the molecule is C=S1(=O)NC(=O)c2ccc3c(c2)N(C[C@@H]2CC[C@H]2[C@@](CCOS(C)(=O)=O)(OC)/C=C/C[C@H](C)[C@H]1C)C[C@@]1(CCCc2cc(Cl)ccc21)CO3. The van der Waals surface area contributed by atoms with E-state index in [1.165, 1.54) is 11.1 Å². The molecule has 1 saturated carbocycles. The molecule has 2 bridgehead atoms. The number of allylic oxidation sites excluding steroid dienone is 1. The number of anilines is 1. The Morgan fingerprint density at radius 2 is 1.98 bits per heavy atom. The maximum atomic E-state index is 13.9. The first-order chi connectivity index (χ1) is 23.2. The second-order valence-corrected chi connectivity index (χ2v) is 19.1. The summed E-state index contributed by atoms with van der Waals surface area (Å²) in [5.74, 6) is 4.47. The fourth-order valence-corrected chi connectivity index (χ4v) is 10.5. The van der Waals surface area contributed by atoms with Crippen LogP contribution in [-0.2, 0) is 40.6 Å². The van der Waals surface area contributed by atoms with E-state index in [0.717, 1.165) is 49.1 Å². The standard InChI is InChI=1S/C37H49ClN2O7S2/c1-25-8-6-17-37(45-3,18-19-47-49(5,43)44)32-13-10-29(32)22-40-23-36(16-7-9-27-20-30(38)12-14-31(27)36)24-46-34-15-11-28(21-33(34)40)35(41)39-48(4,42)26(25)2/h6,11-12,14-15,17,20-21,25-26,29,32H,4,7-10,13,16,18-19,22-24H2,1-3,5H3,(H,39,41,42)/b17-6+/t25-,26+,29-,32+,36-,37+,48?/m0/s1. The molecule has 1 amide bonds. The van der Waals surface area contributed by atoms with Crippen molar-refractivity contribution in [1.29, 1.82) is 0 Å². The van der Waals surface area contributed by atoms with Gasteiger partial charge in [-0.2, -0.15) is 8.42 Å². The van der Waals surface area contributed by atoms with Crippen LogP contribution >= 0.6 is 11.6 Å².